The predicted molar refractivity (Wildman–Crippen MR) is 107 cm³/mol. The van der Waals surface area contributed by atoms with Crippen molar-refractivity contribution in [3.8, 4) is 0 Å². The third-order valence-electron chi connectivity index (χ3n) is 5.25. The molecule has 1 atom stereocenters. The summed E-state index contributed by atoms with van der Waals surface area (Å²) in [6, 6.07) is 10.1. The van der Waals surface area contributed by atoms with Crippen molar-refractivity contribution in [2.24, 2.45) is 13.0 Å². The molecule has 0 amide bonds. The number of benzene rings is 1. The average Bonchev–Trinajstić information content (AvgIpc) is 3.06. The fraction of sp³-hybridized carbons (Fsp3) is 0.450. The summed E-state index contributed by atoms with van der Waals surface area (Å²) in [6.45, 7) is 6.20. The first-order valence-electron chi connectivity index (χ1n) is 9.55. The number of unbranched alkanes of at least 4 members (excludes halogenated alkanes) is 1. The number of para-hydroxylation sites is 1. The van der Waals surface area contributed by atoms with Gasteiger partial charge in [0, 0.05) is 32.4 Å². The van der Waals surface area contributed by atoms with E-state index in [1.807, 2.05) is 41.8 Å². The molecule has 0 saturated carbocycles. The quantitative estimate of drug-likeness (QED) is 0.711. The molecule has 1 aliphatic heterocycles. The van der Waals surface area contributed by atoms with Crippen molar-refractivity contribution in [3.63, 3.8) is 0 Å². The van der Waals surface area contributed by atoms with Gasteiger partial charge >= 0.3 is 5.69 Å². The SMILES string of the molecule is CCCCn1c(=O)c2c(nc3n2C[C@H](C)CN3c2ccccc2)n(C)c1=O. The van der Waals surface area contributed by atoms with Crippen LogP contribution in [0.4, 0.5) is 11.6 Å². The monoisotopic (exact) mass is 367 g/mol. The zero-order valence-corrected chi connectivity index (χ0v) is 16.1. The number of nitrogens with zero attached hydrogens (tertiary/aromatic N) is 5. The summed E-state index contributed by atoms with van der Waals surface area (Å²) in [6.07, 6.45) is 1.73. The van der Waals surface area contributed by atoms with Gasteiger partial charge in [-0.05, 0) is 24.5 Å². The first kappa shape index (κ1) is 17.6. The fourth-order valence-corrected chi connectivity index (χ4v) is 3.84. The molecule has 2 aromatic heterocycles. The molecular weight excluding hydrogens is 342 g/mol. The lowest BCUT2D eigenvalue weighted by Gasteiger charge is -2.32. The van der Waals surface area contributed by atoms with Crippen molar-refractivity contribution < 1.29 is 0 Å². The summed E-state index contributed by atoms with van der Waals surface area (Å²) >= 11 is 0. The third kappa shape index (κ3) is 2.78. The summed E-state index contributed by atoms with van der Waals surface area (Å²) in [7, 11) is 1.70. The summed E-state index contributed by atoms with van der Waals surface area (Å²) in [5.74, 6) is 1.09. The molecule has 0 fully saturated rings. The Hall–Kier alpha value is -2.83. The lowest BCUT2D eigenvalue weighted by Crippen LogP contribution is -2.40. The van der Waals surface area contributed by atoms with E-state index in [4.69, 9.17) is 4.98 Å². The summed E-state index contributed by atoms with van der Waals surface area (Å²) in [5, 5.41) is 0. The maximum absolute atomic E-state index is 13.2. The van der Waals surface area contributed by atoms with Crippen molar-refractivity contribution >= 4 is 22.8 Å². The molecule has 4 rings (SSSR count). The van der Waals surface area contributed by atoms with Crippen LogP contribution in [0.25, 0.3) is 11.2 Å². The minimum Gasteiger partial charge on any atom is -0.312 e. The van der Waals surface area contributed by atoms with Crippen LogP contribution in [0.5, 0.6) is 0 Å². The zero-order chi connectivity index (χ0) is 19.1. The van der Waals surface area contributed by atoms with Crippen molar-refractivity contribution in [1.29, 1.82) is 0 Å². The van der Waals surface area contributed by atoms with Crippen LogP contribution >= 0.6 is 0 Å². The highest BCUT2D eigenvalue weighted by molar-refractivity contribution is 5.77. The number of fused-ring (bicyclic) bond motifs is 3. The molecule has 142 valence electrons. The molecule has 0 bridgehead atoms. The van der Waals surface area contributed by atoms with Gasteiger partial charge in [0.2, 0.25) is 5.95 Å². The second kappa shape index (κ2) is 6.72. The molecule has 3 aromatic rings. The van der Waals surface area contributed by atoms with Gasteiger partial charge in [0.1, 0.15) is 0 Å². The molecule has 0 unspecified atom stereocenters. The molecule has 7 nitrogen and oxygen atoms in total. The number of aromatic nitrogens is 4. The summed E-state index contributed by atoms with van der Waals surface area (Å²) in [5.41, 5.74) is 1.49. The first-order chi connectivity index (χ1) is 13.0. The molecule has 0 spiro atoms. The molecular formula is C20H25N5O2. The van der Waals surface area contributed by atoms with E-state index in [0.717, 1.165) is 37.6 Å². The Kier molecular flexibility index (Phi) is 4.37. The van der Waals surface area contributed by atoms with Crippen LogP contribution in [0.2, 0.25) is 0 Å². The van der Waals surface area contributed by atoms with Crippen molar-refractivity contribution in [3.05, 3.63) is 51.2 Å². The van der Waals surface area contributed by atoms with Gasteiger partial charge in [0.05, 0.1) is 0 Å². The lowest BCUT2D eigenvalue weighted by atomic mass is 10.1. The van der Waals surface area contributed by atoms with Crippen molar-refractivity contribution in [2.45, 2.75) is 39.8 Å². The van der Waals surface area contributed by atoms with E-state index in [0.29, 0.717) is 23.6 Å². The maximum Gasteiger partial charge on any atom is 0.332 e. The van der Waals surface area contributed by atoms with Gasteiger partial charge in [-0.2, -0.15) is 4.98 Å². The number of rotatable bonds is 4. The van der Waals surface area contributed by atoms with Crippen LogP contribution < -0.4 is 16.1 Å². The van der Waals surface area contributed by atoms with Gasteiger partial charge in [0.25, 0.3) is 5.56 Å². The first-order valence-corrected chi connectivity index (χ1v) is 9.55. The number of hydrogen-bond donors (Lipinski definition) is 0. The van der Waals surface area contributed by atoms with E-state index in [1.54, 1.807) is 7.05 Å². The smallest absolute Gasteiger partial charge is 0.312 e. The molecule has 0 N–H and O–H groups in total. The van der Waals surface area contributed by atoms with Crippen LogP contribution in [0.15, 0.2) is 39.9 Å². The lowest BCUT2D eigenvalue weighted by molar-refractivity contribution is 0.457. The molecule has 0 radical (unpaired) electrons. The van der Waals surface area contributed by atoms with Crippen LogP contribution in [-0.4, -0.2) is 25.2 Å². The molecule has 27 heavy (non-hydrogen) atoms. The number of aryl methyl sites for hydroxylation is 1. The van der Waals surface area contributed by atoms with Gasteiger partial charge in [-0.15, -0.1) is 0 Å². The zero-order valence-electron chi connectivity index (χ0n) is 16.1. The number of anilines is 2. The Balaban J connectivity index is 1.98. The third-order valence-corrected chi connectivity index (χ3v) is 5.25. The van der Waals surface area contributed by atoms with Gasteiger partial charge < -0.3 is 9.47 Å². The topological polar surface area (TPSA) is 65.1 Å². The van der Waals surface area contributed by atoms with Gasteiger partial charge in [-0.25, -0.2) is 4.79 Å². The minimum absolute atomic E-state index is 0.234. The Bertz CT molecular complexity index is 1090. The highest BCUT2D eigenvalue weighted by Crippen LogP contribution is 2.32. The summed E-state index contributed by atoms with van der Waals surface area (Å²) in [4.78, 5) is 32.7. The van der Waals surface area contributed by atoms with E-state index in [9.17, 15) is 9.59 Å². The standard InChI is InChI=1S/C20H25N5O2/c1-4-5-11-23-18(26)16-17(22(3)20(23)27)21-19-24(12-14(2)13-25(16)19)15-9-7-6-8-10-15/h6-10,14H,4-5,11-13H2,1-3H3/t14-/m1/s1. The second-order valence-electron chi connectivity index (χ2n) is 7.40. The molecule has 1 aliphatic rings. The highest BCUT2D eigenvalue weighted by atomic mass is 16.2. The number of imidazole rings is 1. The molecule has 0 aliphatic carbocycles. The van der Waals surface area contributed by atoms with Crippen LogP contribution in [-0.2, 0) is 20.1 Å². The number of hydrogen-bond acceptors (Lipinski definition) is 4. The minimum atomic E-state index is -0.296. The van der Waals surface area contributed by atoms with E-state index in [2.05, 4.69) is 11.8 Å². The highest BCUT2D eigenvalue weighted by Gasteiger charge is 2.29. The van der Waals surface area contributed by atoms with Crippen LogP contribution in [0.1, 0.15) is 26.7 Å². The largest absolute Gasteiger partial charge is 0.332 e. The normalized spacial score (nSPS) is 16.7. The van der Waals surface area contributed by atoms with Gasteiger partial charge in [0.15, 0.2) is 11.2 Å². The van der Waals surface area contributed by atoms with Gasteiger partial charge in [-0.1, -0.05) is 38.5 Å². The van der Waals surface area contributed by atoms with Crippen LogP contribution in [0, 0.1) is 5.92 Å². The maximum atomic E-state index is 13.2. The van der Waals surface area contributed by atoms with E-state index < -0.39 is 0 Å². The summed E-state index contributed by atoms with van der Waals surface area (Å²) < 4.78 is 4.85. The van der Waals surface area contributed by atoms with E-state index in [-0.39, 0.29) is 11.2 Å². The molecule has 1 aromatic carbocycles. The Morgan fingerprint density at radius 3 is 2.59 bits per heavy atom. The van der Waals surface area contributed by atoms with Crippen molar-refractivity contribution in [2.75, 3.05) is 11.4 Å². The Morgan fingerprint density at radius 1 is 1.15 bits per heavy atom. The molecule has 7 heteroatoms. The fourth-order valence-electron chi connectivity index (χ4n) is 3.84. The average molecular weight is 367 g/mol. The Morgan fingerprint density at radius 2 is 1.89 bits per heavy atom. The van der Waals surface area contributed by atoms with Gasteiger partial charge in [-0.3, -0.25) is 13.9 Å². The van der Waals surface area contributed by atoms with E-state index >= 15 is 0 Å². The van der Waals surface area contributed by atoms with E-state index in [1.165, 1.54) is 9.13 Å². The van der Waals surface area contributed by atoms with Crippen molar-refractivity contribution in [1.82, 2.24) is 18.7 Å². The molecule has 0 saturated heterocycles. The predicted octanol–water partition coefficient (Wildman–Crippen LogP) is 2.48. The Labute approximate surface area is 157 Å². The molecule has 3 heterocycles. The second-order valence-corrected chi connectivity index (χ2v) is 7.40. The van der Waals surface area contributed by atoms with Crippen LogP contribution in [0.3, 0.4) is 0 Å².